The van der Waals surface area contributed by atoms with Gasteiger partial charge in [-0.1, -0.05) is 6.07 Å². The molecular formula is C13H16N2O2. The van der Waals surface area contributed by atoms with Crippen LogP contribution in [-0.2, 0) is 13.1 Å². The van der Waals surface area contributed by atoms with E-state index in [9.17, 15) is 9.90 Å². The van der Waals surface area contributed by atoms with Crippen molar-refractivity contribution in [3.05, 3.63) is 58.8 Å². The molecule has 1 atom stereocenters. The molecule has 2 rings (SSSR count). The highest BCUT2D eigenvalue weighted by atomic mass is 16.3. The molecule has 17 heavy (non-hydrogen) atoms. The molecule has 0 aliphatic heterocycles. The normalized spacial score (nSPS) is 12.6. The van der Waals surface area contributed by atoms with Gasteiger partial charge in [0.25, 0.3) is 5.56 Å². The standard InChI is InChI=1S/C13H16N2O2/c1-11(16)12-5-4-8-14(12)9-10-15-7-3-2-6-13(15)17/h2-8,11,16H,9-10H2,1H3. The van der Waals surface area contributed by atoms with Crippen molar-refractivity contribution in [3.63, 3.8) is 0 Å². The molecule has 2 heterocycles. The molecule has 4 nitrogen and oxygen atoms in total. The van der Waals surface area contributed by atoms with Crippen molar-refractivity contribution >= 4 is 0 Å². The average molecular weight is 232 g/mol. The topological polar surface area (TPSA) is 47.2 Å². The van der Waals surface area contributed by atoms with E-state index < -0.39 is 6.10 Å². The summed E-state index contributed by atoms with van der Waals surface area (Å²) in [6.45, 7) is 3.02. The van der Waals surface area contributed by atoms with Gasteiger partial charge in [-0.05, 0) is 25.1 Å². The molecule has 0 aromatic carbocycles. The molecular weight excluding hydrogens is 216 g/mol. The van der Waals surface area contributed by atoms with Crippen LogP contribution in [0, 0.1) is 0 Å². The fourth-order valence-corrected chi connectivity index (χ4v) is 1.87. The van der Waals surface area contributed by atoms with Crippen molar-refractivity contribution in [1.29, 1.82) is 0 Å². The number of hydrogen-bond donors (Lipinski definition) is 1. The number of nitrogens with zero attached hydrogens (tertiary/aromatic N) is 2. The zero-order valence-electron chi connectivity index (χ0n) is 9.78. The van der Waals surface area contributed by atoms with Crippen molar-refractivity contribution in [2.24, 2.45) is 0 Å². The predicted octanol–water partition coefficient (Wildman–Crippen LogP) is 1.40. The highest BCUT2D eigenvalue weighted by molar-refractivity contribution is 5.09. The molecule has 2 aromatic heterocycles. The van der Waals surface area contributed by atoms with E-state index in [0.717, 1.165) is 5.69 Å². The molecule has 1 N–H and O–H groups in total. The van der Waals surface area contributed by atoms with Crippen molar-refractivity contribution in [3.8, 4) is 0 Å². The van der Waals surface area contributed by atoms with E-state index in [0.29, 0.717) is 13.1 Å². The number of aryl methyl sites for hydroxylation is 2. The molecule has 1 unspecified atom stereocenters. The first-order chi connectivity index (χ1) is 8.18. The lowest BCUT2D eigenvalue weighted by Gasteiger charge is -2.12. The summed E-state index contributed by atoms with van der Waals surface area (Å²) >= 11 is 0. The SMILES string of the molecule is CC(O)c1cccn1CCn1ccccc1=O. The maximum absolute atomic E-state index is 11.5. The van der Waals surface area contributed by atoms with E-state index in [4.69, 9.17) is 0 Å². The molecule has 0 bridgehead atoms. The summed E-state index contributed by atoms with van der Waals surface area (Å²) in [5, 5.41) is 9.56. The number of aliphatic hydroxyl groups is 1. The van der Waals surface area contributed by atoms with Crippen molar-refractivity contribution in [2.45, 2.75) is 26.1 Å². The largest absolute Gasteiger partial charge is 0.387 e. The van der Waals surface area contributed by atoms with Gasteiger partial charge in [0.05, 0.1) is 6.10 Å². The number of aromatic nitrogens is 2. The molecule has 0 aliphatic rings. The first-order valence-electron chi connectivity index (χ1n) is 5.67. The molecule has 90 valence electrons. The van der Waals surface area contributed by atoms with Crippen LogP contribution in [0.1, 0.15) is 18.7 Å². The quantitative estimate of drug-likeness (QED) is 0.866. The molecule has 0 spiro atoms. The number of hydrogen-bond acceptors (Lipinski definition) is 2. The number of pyridine rings is 1. The third-order valence-electron chi connectivity index (χ3n) is 2.77. The van der Waals surface area contributed by atoms with Crippen LogP contribution in [0.15, 0.2) is 47.5 Å². The predicted molar refractivity (Wildman–Crippen MR) is 65.8 cm³/mol. The maximum atomic E-state index is 11.5. The Balaban J connectivity index is 2.10. The van der Waals surface area contributed by atoms with Crippen LogP contribution in [0.5, 0.6) is 0 Å². The Hall–Kier alpha value is -1.81. The molecule has 0 saturated heterocycles. The monoisotopic (exact) mass is 232 g/mol. The first kappa shape index (κ1) is 11.7. The van der Waals surface area contributed by atoms with E-state index in [1.807, 2.05) is 29.0 Å². The summed E-state index contributed by atoms with van der Waals surface area (Å²) in [7, 11) is 0. The molecule has 0 aliphatic carbocycles. The Morgan fingerprint density at radius 1 is 1.12 bits per heavy atom. The fraction of sp³-hybridized carbons (Fsp3) is 0.308. The Bertz CT molecular complexity index is 540. The molecule has 0 fully saturated rings. The van der Waals surface area contributed by atoms with E-state index in [1.54, 1.807) is 29.8 Å². The Labute approximate surface area is 99.8 Å². The molecule has 0 radical (unpaired) electrons. The minimum atomic E-state index is -0.488. The van der Waals surface area contributed by atoms with Crippen LogP contribution in [0.25, 0.3) is 0 Å². The van der Waals surface area contributed by atoms with Crippen LogP contribution in [0.3, 0.4) is 0 Å². The van der Waals surface area contributed by atoms with Gasteiger partial charge in [0.15, 0.2) is 0 Å². The van der Waals surface area contributed by atoms with Gasteiger partial charge < -0.3 is 14.2 Å². The third kappa shape index (κ3) is 2.65. The number of rotatable bonds is 4. The zero-order chi connectivity index (χ0) is 12.3. The van der Waals surface area contributed by atoms with Crippen molar-refractivity contribution < 1.29 is 5.11 Å². The summed E-state index contributed by atoms with van der Waals surface area (Å²) in [4.78, 5) is 11.5. The Kier molecular flexibility index (Phi) is 3.44. The van der Waals surface area contributed by atoms with Crippen LogP contribution in [0.4, 0.5) is 0 Å². The van der Waals surface area contributed by atoms with Crippen LogP contribution < -0.4 is 5.56 Å². The summed E-state index contributed by atoms with van der Waals surface area (Å²) in [5.74, 6) is 0. The molecule has 0 saturated carbocycles. The summed E-state index contributed by atoms with van der Waals surface area (Å²) in [5.41, 5.74) is 0.868. The second-order valence-corrected chi connectivity index (χ2v) is 4.03. The minimum absolute atomic E-state index is 0.00162. The lowest BCUT2D eigenvalue weighted by atomic mass is 10.3. The van der Waals surface area contributed by atoms with E-state index in [-0.39, 0.29) is 5.56 Å². The van der Waals surface area contributed by atoms with Gasteiger partial charge in [0.1, 0.15) is 0 Å². The van der Waals surface area contributed by atoms with E-state index >= 15 is 0 Å². The van der Waals surface area contributed by atoms with Crippen LogP contribution in [-0.4, -0.2) is 14.2 Å². The first-order valence-corrected chi connectivity index (χ1v) is 5.67. The van der Waals surface area contributed by atoms with Gasteiger partial charge in [0, 0.05) is 37.2 Å². The van der Waals surface area contributed by atoms with Crippen LogP contribution in [0.2, 0.25) is 0 Å². The van der Waals surface area contributed by atoms with Gasteiger partial charge in [-0.15, -0.1) is 0 Å². The van der Waals surface area contributed by atoms with Gasteiger partial charge >= 0.3 is 0 Å². The van der Waals surface area contributed by atoms with Gasteiger partial charge in [-0.3, -0.25) is 4.79 Å². The molecule has 2 aromatic rings. The van der Waals surface area contributed by atoms with Crippen LogP contribution >= 0.6 is 0 Å². The second-order valence-electron chi connectivity index (χ2n) is 4.03. The molecule has 4 heteroatoms. The van der Waals surface area contributed by atoms with E-state index in [2.05, 4.69) is 0 Å². The lowest BCUT2D eigenvalue weighted by molar-refractivity contribution is 0.188. The lowest BCUT2D eigenvalue weighted by Crippen LogP contribution is -2.21. The van der Waals surface area contributed by atoms with E-state index in [1.165, 1.54) is 0 Å². The minimum Gasteiger partial charge on any atom is -0.387 e. The summed E-state index contributed by atoms with van der Waals surface area (Å²) in [6, 6.07) is 8.90. The Morgan fingerprint density at radius 2 is 1.82 bits per heavy atom. The van der Waals surface area contributed by atoms with Crippen molar-refractivity contribution in [2.75, 3.05) is 0 Å². The average Bonchev–Trinajstić information content (AvgIpc) is 2.76. The molecule has 0 amide bonds. The maximum Gasteiger partial charge on any atom is 0.250 e. The third-order valence-corrected chi connectivity index (χ3v) is 2.77. The van der Waals surface area contributed by atoms with Gasteiger partial charge in [0.2, 0.25) is 0 Å². The highest BCUT2D eigenvalue weighted by Crippen LogP contribution is 2.12. The Morgan fingerprint density at radius 3 is 2.53 bits per heavy atom. The fourth-order valence-electron chi connectivity index (χ4n) is 1.87. The highest BCUT2D eigenvalue weighted by Gasteiger charge is 2.06. The summed E-state index contributed by atoms with van der Waals surface area (Å²) < 4.78 is 3.62. The second kappa shape index (κ2) is 5.01. The van der Waals surface area contributed by atoms with Gasteiger partial charge in [-0.2, -0.15) is 0 Å². The zero-order valence-corrected chi connectivity index (χ0v) is 9.78. The smallest absolute Gasteiger partial charge is 0.250 e. The van der Waals surface area contributed by atoms with Crippen molar-refractivity contribution in [1.82, 2.24) is 9.13 Å². The number of aliphatic hydroxyl groups excluding tert-OH is 1. The summed E-state index contributed by atoms with van der Waals surface area (Å²) in [6.07, 6.45) is 3.20. The van der Waals surface area contributed by atoms with Gasteiger partial charge in [-0.25, -0.2) is 0 Å².